The Morgan fingerprint density at radius 1 is 1.09 bits per heavy atom. The second-order valence-corrected chi connectivity index (χ2v) is 10.3. The molecule has 3 aliphatic rings. The van der Waals surface area contributed by atoms with Crippen LogP contribution in [0.5, 0.6) is 0 Å². The Bertz CT molecular complexity index is 1370. The third-order valence-corrected chi connectivity index (χ3v) is 8.01. The average molecular weight is 491 g/mol. The van der Waals surface area contributed by atoms with Crippen molar-refractivity contribution in [3.8, 4) is 5.69 Å². The number of likely N-dealkylation sites (tertiary alicyclic amines) is 1. The van der Waals surface area contributed by atoms with Gasteiger partial charge in [0.25, 0.3) is 0 Å². The van der Waals surface area contributed by atoms with Gasteiger partial charge in [0.1, 0.15) is 17.6 Å². The molecule has 2 fully saturated rings. The molecule has 1 saturated heterocycles. The van der Waals surface area contributed by atoms with Gasteiger partial charge in [-0.15, -0.1) is 10.2 Å². The Labute approximate surface area is 208 Å². The zero-order valence-corrected chi connectivity index (χ0v) is 20.8. The van der Waals surface area contributed by atoms with Crippen LogP contribution in [0.1, 0.15) is 53.8 Å². The Balaban J connectivity index is 1.44. The number of halogens is 1. The fourth-order valence-corrected chi connectivity index (χ4v) is 5.92. The maximum Gasteiger partial charge on any atom is 0.225 e. The van der Waals surface area contributed by atoms with Gasteiger partial charge in [0.15, 0.2) is 5.82 Å². The average Bonchev–Trinajstić information content (AvgIpc) is 3.36. The highest BCUT2D eigenvalue weighted by Crippen LogP contribution is 2.37. The van der Waals surface area contributed by atoms with Gasteiger partial charge in [-0.25, -0.2) is 0 Å². The van der Waals surface area contributed by atoms with Gasteiger partial charge < -0.3 is 9.47 Å². The molecule has 0 radical (unpaired) electrons. The molecule has 2 unspecified atom stereocenters. The molecule has 1 saturated carbocycles. The smallest absolute Gasteiger partial charge is 0.225 e. The molecule has 2 bridgehead atoms. The van der Waals surface area contributed by atoms with Crippen molar-refractivity contribution in [1.29, 1.82) is 0 Å². The number of hydrogen-bond acceptors (Lipinski definition) is 5. The van der Waals surface area contributed by atoms with E-state index in [0.29, 0.717) is 29.7 Å². The van der Waals surface area contributed by atoms with Crippen LogP contribution in [0.3, 0.4) is 0 Å². The first-order valence-corrected chi connectivity index (χ1v) is 12.4. The van der Waals surface area contributed by atoms with Crippen LogP contribution in [0.2, 0.25) is 5.02 Å². The van der Waals surface area contributed by atoms with E-state index in [4.69, 9.17) is 16.6 Å². The number of amides is 1. The van der Waals surface area contributed by atoms with Crippen LogP contribution in [0.15, 0.2) is 35.5 Å². The molecule has 35 heavy (non-hydrogen) atoms. The molecule has 1 amide bonds. The molecule has 1 aliphatic carbocycles. The lowest BCUT2D eigenvalue weighted by Crippen LogP contribution is -2.45. The first-order chi connectivity index (χ1) is 16.8. The molecular weight excluding hydrogens is 464 g/mol. The Morgan fingerprint density at radius 3 is 2.46 bits per heavy atom. The molecule has 3 atom stereocenters. The predicted molar refractivity (Wildman–Crippen MR) is 132 cm³/mol. The van der Waals surface area contributed by atoms with Gasteiger partial charge in [0, 0.05) is 60.0 Å². The number of carbonyl (C=O) groups excluding carboxylic acids is 2. The van der Waals surface area contributed by atoms with E-state index in [9.17, 15) is 9.59 Å². The number of carbonyl (C=O) groups is 2. The lowest BCUT2D eigenvalue weighted by atomic mass is 9.96. The molecule has 1 aromatic carbocycles. The fraction of sp³-hybridized carbons (Fsp3) is 0.423. The molecule has 3 aromatic rings. The van der Waals surface area contributed by atoms with E-state index in [2.05, 4.69) is 27.9 Å². The third kappa shape index (κ3) is 3.54. The van der Waals surface area contributed by atoms with Gasteiger partial charge in [-0.1, -0.05) is 23.7 Å². The van der Waals surface area contributed by atoms with E-state index in [1.54, 1.807) is 0 Å². The van der Waals surface area contributed by atoms with Crippen LogP contribution >= 0.6 is 11.6 Å². The summed E-state index contributed by atoms with van der Waals surface area (Å²) < 4.78 is 4.10. The number of piperidine rings is 1. The fourth-order valence-electron chi connectivity index (χ4n) is 5.79. The molecule has 180 valence electrons. The first kappa shape index (κ1) is 22.2. The zero-order valence-electron chi connectivity index (χ0n) is 20.0. The number of hydrogen-bond donors (Lipinski definition) is 0. The van der Waals surface area contributed by atoms with Crippen molar-refractivity contribution in [3.63, 3.8) is 0 Å². The van der Waals surface area contributed by atoms with Gasteiger partial charge in [-0.2, -0.15) is 0 Å². The number of aliphatic imine (C=N–C) groups is 1. The van der Waals surface area contributed by atoms with Gasteiger partial charge >= 0.3 is 0 Å². The lowest BCUT2D eigenvalue weighted by molar-refractivity contribution is -0.138. The summed E-state index contributed by atoms with van der Waals surface area (Å²) in [5.74, 6) is 1.71. The van der Waals surface area contributed by atoms with E-state index < -0.39 is 6.04 Å². The largest absolute Gasteiger partial charge is 0.352 e. The normalized spacial score (nSPS) is 23.1. The molecular formula is C26H27ClN6O2. The topological polar surface area (TPSA) is 85.4 Å². The Morgan fingerprint density at radius 2 is 1.77 bits per heavy atom. The van der Waals surface area contributed by atoms with Gasteiger partial charge in [0.05, 0.1) is 17.8 Å². The summed E-state index contributed by atoms with van der Waals surface area (Å²) in [6, 6.07) is 7.14. The van der Waals surface area contributed by atoms with Gasteiger partial charge in [0.2, 0.25) is 5.91 Å². The van der Waals surface area contributed by atoms with Gasteiger partial charge in [-0.05, 0) is 38.8 Å². The van der Waals surface area contributed by atoms with E-state index >= 15 is 0 Å². The molecule has 0 spiro atoms. The standard InChI is InChI=1S/C26H27ClN6O2/c1-14-23-21(13-31(14)3)33-15(2)29-30-26(33)20(28-24(23)16-6-8-19(27)9-7-16)10-22(34)32-11-17-4-5-18(12-32)25(17)35/h6-9,13,17-18,20H,4-5,10-12H2,1-3H3/t17?,18?,20-/m0/s1. The minimum atomic E-state index is -0.498. The van der Waals surface area contributed by atoms with Crippen LogP contribution in [0, 0.1) is 25.7 Å². The molecule has 0 N–H and O–H groups in total. The number of rotatable bonds is 3. The van der Waals surface area contributed by atoms with Crippen molar-refractivity contribution in [3.05, 3.63) is 64.0 Å². The Hall–Kier alpha value is -3.26. The number of ketones is 1. The van der Waals surface area contributed by atoms with Crippen LogP contribution in [-0.2, 0) is 16.6 Å². The highest BCUT2D eigenvalue weighted by molar-refractivity contribution is 6.30. The van der Waals surface area contributed by atoms with Crippen molar-refractivity contribution >= 4 is 29.0 Å². The second-order valence-electron chi connectivity index (χ2n) is 9.90. The maximum atomic E-state index is 13.5. The lowest BCUT2D eigenvalue weighted by Gasteiger charge is -2.31. The quantitative estimate of drug-likeness (QED) is 0.561. The SMILES string of the molecule is Cc1c2c(cn1C)-n1c(C)nnc1[C@H](CC(=O)N1CC3CCC(C1)C3=O)N=C2c1ccc(Cl)cc1. The monoisotopic (exact) mass is 490 g/mol. The predicted octanol–water partition coefficient (Wildman–Crippen LogP) is 3.60. The number of benzene rings is 1. The summed E-state index contributed by atoms with van der Waals surface area (Å²) >= 11 is 6.18. The Kier molecular flexibility index (Phi) is 5.18. The van der Waals surface area contributed by atoms with Crippen molar-refractivity contribution < 1.29 is 9.59 Å². The first-order valence-electron chi connectivity index (χ1n) is 12.1. The molecule has 9 heteroatoms. The summed E-state index contributed by atoms with van der Waals surface area (Å²) in [6.45, 7) is 5.01. The zero-order chi connectivity index (χ0) is 24.4. The van der Waals surface area contributed by atoms with E-state index in [-0.39, 0.29) is 24.2 Å². The van der Waals surface area contributed by atoms with Crippen molar-refractivity contribution in [1.82, 2.24) is 24.2 Å². The molecule has 2 aromatic heterocycles. The summed E-state index contributed by atoms with van der Waals surface area (Å²) in [7, 11) is 2.01. The van der Waals surface area contributed by atoms with Crippen molar-refractivity contribution in [2.24, 2.45) is 23.9 Å². The number of aryl methyl sites for hydroxylation is 2. The van der Waals surface area contributed by atoms with Crippen LogP contribution in [0.4, 0.5) is 0 Å². The minimum Gasteiger partial charge on any atom is -0.352 e. The molecule has 2 aliphatic heterocycles. The molecule has 8 nitrogen and oxygen atoms in total. The number of aromatic nitrogens is 4. The summed E-state index contributed by atoms with van der Waals surface area (Å²) in [5, 5.41) is 9.48. The number of fused-ring (bicyclic) bond motifs is 5. The summed E-state index contributed by atoms with van der Waals surface area (Å²) in [4.78, 5) is 32.9. The minimum absolute atomic E-state index is 0.00895. The van der Waals surface area contributed by atoms with E-state index in [1.807, 2.05) is 47.7 Å². The second kappa shape index (κ2) is 8.16. The van der Waals surface area contributed by atoms with E-state index in [0.717, 1.165) is 46.9 Å². The third-order valence-electron chi connectivity index (χ3n) is 7.76. The highest BCUT2D eigenvalue weighted by Gasteiger charge is 2.42. The summed E-state index contributed by atoms with van der Waals surface area (Å²) in [6.07, 6.45) is 4.02. The number of nitrogens with zero attached hydrogens (tertiary/aromatic N) is 6. The highest BCUT2D eigenvalue weighted by atomic mass is 35.5. The van der Waals surface area contributed by atoms with Crippen LogP contribution in [-0.4, -0.2) is 54.7 Å². The van der Waals surface area contributed by atoms with Crippen molar-refractivity contribution in [2.75, 3.05) is 13.1 Å². The van der Waals surface area contributed by atoms with Gasteiger partial charge in [-0.3, -0.25) is 19.1 Å². The molecule has 4 heterocycles. The van der Waals surface area contributed by atoms with E-state index in [1.165, 1.54) is 0 Å². The van der Waals surface area contributed by atoms with Crippen LogP contribution in [0.25, 0.3) is 5.69 Å². The number of Topliss-reactive ketones (excluding diaryl/α,β-unsaturated/α-hetero) is 1. The van der Waals surface area contributed by atoms with Crippen molar-refractivity contribution in [2.45, 2.75) is 39.2 Å². The molecule has 6 rings (SSSR count). The summed E-state index contributed by atoms with van der Waals surface area (Å²) in [5.41, 5.74) is 4.75. The maximum absolute atomic E-state index is 13.5. The van der Waals surface area contributed by atoms with Crippen LogP contribution < -0.4 is 0 Å².